The molecule has 1 aromatic carbocycles. The average Bonchev–Trinajstić information content (AvgIpc) is 3.10. The van der Waals surface area contributed by atoms with Crippen LogP contribution in [0.5, 0.6) is 0 Å². The zero-order valence-electron chi connectivity index (χ0n) is 9.43. The minimum absolute atomic E-state index is 0.258. The van der Waals surface area contributed by atoms with Gasteiger partial charge in [-0.15, -0.1) is 0 Å². The van der Waals surface area contributed by atoms with E-state index in [4.69, 9.17) is 4.74 Å². The van der Waals surface area contributed by atoms with Gasteiger partial charge in [-0.3, -0.25) is 4.79 Å². The molecule has 0 saturated carbocycles. The molecule has 2 fully saturated rings. The Kier molecular flexibility index (Phi) is 2.92. The van der Waals surface area contributed by atoms with E-state index in [0.717, 1.165) is 17.5 Å². The second-order valence-corrected chi connectivity index (χ2v) is 5.54. The van der Waals surface area contributed by atoms with E-state index < -0.39 is 0 Å². The zero-order chi connectivity index (χ0) is 11.8. The van der Waals surface area contributed by atoms with E-state index in [1.54, 1.807) is 0 Å². The molecule has 2 heterocycles. The highest BCUT2D eigenvalue weighted by Gasteiger charge is 2.42. The maximum Gasteiger partial charge on any atom is 0.223 e. The number of carbonyl (C=O) groups is 1. The van der Waals surface area contributed by atoms with Gasteiger partial charge in [0.15, 0.2) is 0 Å². The van der Waals surface area contributed by atoms with Crippen LogP contribution in [-0.2, 0) is 16.1 Å². The standard InChI is InChI=1S/C13H14BrNO2/c14-10-3-1-9(2-4-10)7-15-11(12-8-17-12)5-6-13(15)16/h1-4,11-12H,5-8H2/t11-,12-/m0/s1. The second kappa shape index (κ2) is 4.42. The van der Waals surface area contributed by atoms with Crippen LogP contribution in [0.2, 0.25) is 0 Å². The predicted molar refractivity (Wildman–Crippen MR) is 67.5 cm³/mol. The van der Waals surface area contributed by atoms with Crippen LogP contribution >= 0.6 is 15.9 Å². The lowest BCUT2D eigenvalue weighted by Crippen LogP contribution is -2.36. The van der Waals surface area contributed by atoms with Crippen molar-refractivity contribution in [1.29, 1.82) is 0 Å². The van der Waals surface area contributed by atoms with E-state index >= 15 is 0 Å². The summed E-state index contributed by atoms with van der Waals surface area (Å²) in [4.78, 5) is 13.8. The van der Waals surface area contributed by atoms with Crippen molar-refractivity contribution >= 4 is 21.8 Å². The number of benzene rings is 1. The van der Waals surface area contributed by atoms with Crippen LogP contribution in [0.1, 0.15) is 18.4 Å². The Morgan fingerprint density at radius 1 is 1.35 bits per heavy atom. The molecule has 1 amide bonds. The molecule has 2 atom stereocenters. The van der Waals surface area contributed by atoms with Crippen molar-refractivity contribution in [3.05, 3.63) is 34.3 Å². The fourth-order valence-corrected chi connectivity index (χ4v) is 2.68. The first-order valence-electron chi connectivity index (χ1n) is 5.89. The summed E-state index contributed by atoms with van der Waals surface area (Å²) in [5.41, 5.74) is 1.18. The van der Waals surface area contributed by atoms with E-state index in [1.165, 1.54) is 5.56 Å². The van der Waals surface area contributed by atoms with Crippen molar-refractivity contribution in [2.24, 2.45) is 0 Å². The van der Waals surface area contributed by atoms with Crippen LogP contribution in [0.3, 0.4) is 0 Å². The van der Waals surface area contributed by atoms with Crippen molar-refractivity contribution < 1.29 is 9.53 Å². The van der Waals surface area contributed by atoms with Crippen LogP contribution in [-0.4, -0.2) is 29.6 Å². The van der Waals surface area contributed by atoms with Gasteiger partial charge in [0.1, 0.15) is 6.10 Å². The summed E-state index contributed by atoms with van der Waals surface area (Å²) >= 11 is 3.41. The highest BCUT2D eigenvalue weighted by molar-refractivity contribution is 9.10. The van der Waals surface area contributed by atoms with Crippen LogP contribution in [0, 0.1) is 0 Å². The van der Waals surface area contributed by atoms with Crippen molar-refractivity contribution in [2.45, 2.75) is 31.5 Å². The number of ether oxygens (including phenoxy) is 1. The van der Waals surface area contributed by atoms with Gasteiger partial charge in [-0.1, -0.05) is 28.1 Å². The summed E-state index contributed by atoms with van der Waals surface area (Å²) in [6, 6.07) is 8.43. The number of rotatable bonds is 3. The Morgan fingerprint density at radius 3 is 2.71 bits per heavy atom. The highest BCUT2D eigenvalue weighted by atomic mass is 79.9. The van der Waals surface area contributed by atoms with E-state index in [2.05, 4.69) is 28.1 Å². The molecule has 1 aromatic rings. The van der Waals surface area contributed by atoms with Gasteiger partial charge in [-0.25, -0.2) is 0 Å². The van der Waals surface area contributed by atoms with Gasteiger partial charge in [0, 0.05) is 17.4 Å². The molecule has 0 aliphatic carbocycles. The number of carbonyl (C=O) groups excluding carboxylic acids is 1. The molecule has 0 radical (unpaired) electrons. The smallest absolute Gasteiger partial charge is 0.223 e. The van der Waals surface area contributed by atoms with Gasteiger partial charge >= 0.3 is 0 Å². The van der Waals surface area contributed by atoms with Crippen molar-refractivity contribution in [1.82, 2.24) is 4.90 Å². The van der Waals surface area contributed by atoms with Gasteiger partial charge in [0.25, 0.3) is 0 Å². The average molecular weight is 296 g/mol. The lowest BCUT2D eigenvalue weighted by atomic mass is 10.1. The molecule has 0 bridgehead atoms. The predicted octanol–water partition coefficient (Wildman–Crippen LogP) is 2.34. The summed E-state index contributed by atoms with van der Waals surface area (Å²) in [6.45, 7) is 1.52. The molecule has 4 heteroatoms. The molecule has 2 aliphatic rings. The topological polar surface area (TPSA) is 32.8 Å². The third-order valence-electron chi connectivity index (χ3n) is 3.43. The molecule has 17 heavy (non-hydrogen) atoms. The first-order chi connectivity index (χ1) is 8.24. The molecular weight excluding hydrogens is 282 g/mol. The van der Waals surface area contributed by atoms with Crippen LogP contribution < -0.4 is 0 Å². The Bertz CT molecular complexity index is 428. The molecular formula is C13H14BrNO2. The first kappa shape index (κ1) is 11.2. The molecule has 90 valence electrons. The summed E-state index contributed by atoms with van der Waals surface area (Å²) in [5, 5.41) is 0. The SMILES string of the molecule is O=C1CC[C@@H]([C@@H]2CO2)N1Cc1ccc(Br)cc1. The minimum Gasteiger partial charge on any atom is -0.371 e. The summed E-state index contributed by atoms with van der Waals surface area (Å²) in [5.74, 6) is 0.258. The van der Waals surface area contributed by atoms with E-state index in [1.807, 2.05) is 17.0 Å². The largest absolute Gasteiger partial charge is 0.371 e. The number of amides is 1. The highest BCUT2D eigenvalue weighted by Crippen LogP contribution is 2.30. The lowest BCUT2D eigenvalue weighted by Gasteiger charge is -2.23. The number of hydrogen-bond donors (Lipinski definition) is 0. The van der Waals surface area contributed by atoms with Gasteiger partial charge < -0.3 is 9.64 Å². The lowest BCUT2D eigenvalue weighted by molar-refractivity contribution is -0.129. The molecule has 0 spiro atoms. The third-order valence-corrected chi connectivity index (χ3v) is 3.96. The van der Waals surface area contributed by atoms with E-state index in [-0.39, 0.29) is 12.0 Å². The van der Waals surface area contributed by atoms with Gasteiger partial charge in [-0.05, 0) is 24.1 Å². The minimum atomic E-state index is 0.258. The van der Waals surface area contributed by atoms with E-state index in [0.29, 0.717) is 19.0 Å². The summed E-state index contributed by atoms with van der Waals surface area (Å²) in [6.07, 6.45) is 1.90. The van der Waals surface area contributed by atoms with E-state index in [9.17, 15) is 4.79 Å². The molecule has 3 nitrogen and oxygen atoms in total. The number of halogens is 1. The summed E-state index contributed by atoms with van der Waals surface area (Å²) in [7, 11) is 0. The quantitative estimate of drug-likeness (QED) is 0.802. The molecule has 0 aromatic heterocycles. The molecule has 2 saturated heterocycles. The van der Waals surface area contributed by atoms with Gasteiger partial charge in [0.2, 0.25) is 5.91 Å². The fourth-order valence-electron chi connectivity index (χ4n) is 2.41. The molecule has 0 N–H and O–H groups in total. The second-order valence-electron chi connectivity index (χ2n) is 4.63. The zero-order valence-corrected chi connectivity index (χ0v) is 11.0. The maximum atomic E-state index is 11.8. The summed E-state index contributed by atoms with van der Waals surface area (Å²) < 4.78 is 6.39. The Labute approximate surface area is 109 Å². The van der Waals surface area contributed by atoms with Crippen LogP contribution in [0.4, 0.5) is 0 Å². The van der Waals surface area contributed by atoms with Gasteiger partial charge in [0.05, 0.1) is 12.6 Å². The number of likely N-dealkylation sites (tertiary alicyclic amines) is 1. The van der Waals surface area contributed by atoms with Crippen molar-refractivity contribution in [2.75, 3.05) is 6.61 Å². The Hall–Kier alpha value is -0.870. The third kappa shape index (κ3) is 2.38. The first-order valence-corrected chi connectivity index (χ1v) is 6.69. The maximum absolute atomic E-state index is 11.8. The van der Waals surface area contributed by atoms with Crippen LogP contribution in [0.15, 0.2) is 28.7 Å². The fraction of sp³-hybridized carbons (Fsp3) is 0.462. The molecule has 3 rings (SSSR count). The van der Waals surface area contributed by atoms with Crippen molar-refractivity contribution in [3.63, 3.8) is 0 Å². The van der Waals surface area contributed by atoms with Gasteiger partial charge in [-0.2, -0.15) is 0 Å². The Morgan fingerprint density at radius 2 is 2.06 bits per heavy atom. The molecule has 2 aliphatic heterocycles. The normalized spacial score (nSPS) is 27.6. The van der Waals surface area contributed by atoms with Crippen molar-refractivity contribution in [3.8, 4) is 0 Å². The number of epoxide rings is 1. The monoisotopic (exact) mass is 295 g/mol. The molecule has 0 unspecified atom stereocenters. The number of nitrogens with zero attached hydrogens (tertiary/aromatic N) is 1. The van der Waals surface area contributed by atoms with Crippen LogP contribution in [0.25, 0.3) is 0 Å². The number of hydrogen-bond acceptors (Lipinski definition) is 2. The Balaban J connectivity index is 1.73.